The molecule has 29 heavy (non-hydrogen) atoms. The standard InChI is InChI=1S/C19H18ClN5O4/c1-12-3-8-16(28-2)15(9-12)21-17(26)11-29-18(27)10-25-23-19(22-24-25)13-4-6-14(20)7-5-13/h3-9H,10-11H2,1-2H3,(H,21,26). The van der Waals surface area contributed by atoms with Crippen molar-refractivity contribution in [1.82, 2.24) is 20.2 Å². The first-order chi connectivity index (χ1) is 13.9. The Hall–Kier alpha value is -3.46. The minimum atomic E-state index is -0.670. The van der Waals surface area contributed by atoms with E-state index in [4.69, 9.17) is 21.1 Å². The number of amides is 1. The van der Waals surface area contributed by atoms with Crippen molar-refractivity contribution in [1.29, 1.82) is 0 Å². The number of halogens is 1. The summed E-state index contributed by atoms with van der Waals surface area (Å²) in [7, 11) is 1.50. The maximum absolute atomic E-state index is 12.1. The summed E-state index contributed by atoms with van der Waals surface area (Å²) in [4.78, 5) is 25.1. The van der Waals surface area contributed by atoms with E-state index in [9.17, 15) is 9.59 Å². The topological polar surface area (TPSA) is 108 Å². The van der Waals surface area contributed by atoms with Gasteiger partial charge in [0.1, 0.15) is 5.75 Å². The third kappa shape index (κ3) is 5.52. The predicted molar refractivity (Wildman–Crippen MR) is 106 cm³/mol. The third-order valence-corrected chi connectivity index (χ3v) is 4.07. The molecular weight excluding hydrogens is 398 g/mol. The molecule has 0 saturated heterocycles. The second-order valence-electron chi connectivity index (χ2n) is 6.06. The summed E-state index contributed by atoms with van der Waals surface area (Å²) in [5.41, 5.74) is 2.16. The smallest absolute Gasteiger partial charge is 0.330 e. The molecule has 0 aliphatic rings. The Labute approximate surface area is 171 Å². The number of anilines is 1. The number of tetrazole rings is 1. The molecule has 0 atom stereocenters. The Kier molecular flexibility index (Phi) is 6.40. The average Bonchev–Trinajstić information content (AvgIpc) is 3.15. The van der Waals surface area contributed by atoms with Crippen molar-refractivity contribution in [2.24, 2.45) is 0 Å². The van der Waals surface area contributed by atoms with Crippen LogP contribution in [0.4, 0.5) is 5.69 Å². The Morgan fingerprint density at radius 1 is 1.17 bits per heavy atom. The highest BCUT2D eigenvalue weighted by atomic mass is 35.5. The van der Waals surface area contributed by atoms with Gasteiger partial charge in [-0.1, -0.05) is 17.7 Å². The Morgan fingerprint density at radius 3 is 2.66 bits per heavy atom. The van der Waals surface area contributed by atoms with Gasteiger partial charge in [-0.15, -0.1) is 10.2 Å². The van der Waals surface area contributed by atoms with Crippen LogP contribution in [0.15, 0.2) is 42.5 Å². The highest BCUT2D eigenvalue weighted by molar-refractivity contribution is 6.30. The summed E-state index contributed by atoms with van der Waals surface area (Å²) in [6.45, 7) is 1.16. The van der Waals surface area contributed by atoms with Gasteiger partial charge in [0.15, 0.2) is 13.2 Å². The number of aryl methyl sites for hydroxylation is 1. The number of rotatable bonds is 7. The van der Waals surface area contributed by atoms with Gasteiger partial charge in [-0.2, -0.15) is 4.80 Å². The average molecular weight is 416 g/mol. The summed E-state index contributed by atoms with van der Waals surface area (Å²) in [5, 5.41) is 15.0. The lowest BCUT2D eigenvalue weighted by Crippen LogP contribution is -2.23. The molecule has 10 heteroatoms. The van der Waals surface area contributed by atoms with E-state index in [0.29, 0.717) is 27.8 Å². The zero-order valence-electron chi connectivity index (χ0n) is 15.8. The summed E-state index contributed by atoms with van der Waals surface area (Å²) in [6.07, 6.45) is 0. The molecule has 1 N–H and O–H groups in total. The molecule has 0 radical (unpaired) electrons. The number of nitrogens with one attached hydrogen (secondary N) is 1. The van der Waals surface area contributed by atoms with Gasteiger partial charge >= 0.3 is 5.97 Å². The van der Waals surface area contributed by atoms with Crippen LogP contribution in [0.2, 0.25) is 5.02 Å². The lowest BCUT2D eigenvalue weighted by molar-refractivity contribution is -0.148. The molecule has 0 unspecified atom stereocenters. The van der Waals surface area contributed by atoms with Crippen molar-refractivity contribution in [3.05, 3.63) is 53.1 Å². The number of methoxy groups -OCH3 is 1. The molecule has 3 aromatic rings. The van der Waals surface area contributed by atoms with Gasteiger partial charge in [-0.05, 0) is 54.1 Å². The number of hydrogen-bond acceptors (Lipinski definition) is 7. The first-order valence-electron chi connectivity index (χ1n) is 8.58. The lowest BCUT2D eigenvalue weighted by atomic mass is 10.2. The van der Waals surface area contributed by atoms with E-state index in [1.165, 1.54) is 7.11 Å². The van der Waals surface area contributed by atoms with E-state index in [0.717, 1.165) is 10.4 Å². The summed E-state index contributed by atoms with van der Waals surface area (Å²) in [5.74, 6) is -0.303. The summed E-state index contributed by atoms with van der Waals surface area (Å²) in [6, 6.07) is 12.2. The van der Waals surface area contributed by atoms with Crippen LogP contribution < -0.4 is 10.1 Å². The van der Waals surface area contributed by atoms with Crippen LogP contribution in [0.5, 0.6) is 5.75 Å². The predicted octanol–water partition coefficient (Wildman–Crippen LogP) is 2.49. The Bertz CT molecular complexity index is 1020. The zero-order chi connectivity index (χ0) is 20.8. The quantitative estimate of drug-likeness (QED) is 0.590. The fraction of sp³-hybridized carbons (Fsp3) is 0.211. The minimum absolute atomic E-state index is 0.276. The number of hydrogen-bond donors (Lipinski definition) is 1. The van der Waals surface area contributed by atoms with E-state index in [1.807, 2.05) is 13.0 Å². The van der Waals surface area contributed by atoms with Crippen molar-refractivity contribution < 1.29 is 19.1 Å². The maximum Gasteiger partial charge on any atom is 0.330 e. The van der Waals surface area contributed by atoms with Crippen LogP contribution in [0.25, 0.3) is 11.4 Å². The van der Waals surface area contributed by atoms with Gasteiger partial charge < -0.3 is 14.8 Å². The molecule has 0 spiro atoms. The molecule has 1 aromatic heterocycles. The zero-order valence-corrected chi connectivity index (χ0v) is 16.5. The van der Waals surface area contributed by atoms with Crippen molar-refractivity contribution in [2.45, 2.75) is 13.5 Å². The van der Waals surface area contributed by atoms with Gasteiger partial charge in [0.25, 0.3) is 5.91 Å². The lowest BCUT2D eigenvalue weighted by Gasteiger charge is -2.11. The van der Waals surface area contributed by atoms with E-state index in [1.54, 1.807) is 36.4 Å². The van der Waals surface area contributed by atoms with E-state index in [2.05, 4.69) is 20.7 Å². The molecule has 0 aliphatic carbocycles. The highest BCUT2D eigenvalue weighted by Crippen LogP contribution is 2.25. The van der Waals surface area contributed by atoms with Crippen LogP contribution in [0.3, 0.4) is 0 Å². The SMILES string of the molecule is COc1ccc(C)cc1NC(=O)COC(=O)Cn1nnc(-c2ccc(Cl)cc2)n1. The molecule has 9 nitrogen and oxygen atoms in total. The van der Waals surface area contributed by atoms with Crippen LogP contribution in [0, 0.1) is 6.92 Å². The van der Waals surface area contributed by atoms with Gasteiger partial charge in [0.2, 0.25) is 5.82 Å². The number of ether oxygens (including phenoxy) is 2. The van der Waals surface area contributed by atoms with Crippen molar-refractivity contribution in [3.8, 4) is 17.1 Å². The van der Waals surface area contributed by atoms with Crippen LogP contribution in [-0.2, 0) is 20.9 Å². The molecule has 150 valence electrons. The van der Waals surface area contributed by atoms with Crippen LogP contribution in [-0.4, -0.2) is 45.8 Å². The first-order valence-corrected chi connectivity index (χ1v) is 8.96. The largest absolute Gasteiger partial charge is 0.495 e. The third-order valence-electron chi connectivity index (χ3n) is 3.82. The van der Waals surface area contributed by atoms with Gasteiger partial charge in [0.05, 0.1) is 12.8 Å². The number of nitrogens with zero attached hydrogens (tertiary/aromatic N) is 4. The number of esters is 1. The molecule has 0 aliphatic heterocycles. The Morgan fingerprint density at radius 2 is 1.93 bits per heavy atom. The minimum Gasteiger partial charge on any atom is -0.495 e. The molecule has 0 fully saturated rings. The molecule has 2 aromatic carbocycles. The molecule has 0 bridgehead atoms. The fourth-order valence-electron chi connectivity index (χ4n) is 2.44. The van der Waals surface area contributed by atoms with Crippen molar-refractivity contribution in [3.63, 3.8) is 0 Å². The first kappa shape index (κ1) is 20.3. The summed E-state index contributed by atoms with van der Waals surface area (Å²) >= 11 is 5.85. The maximum atomic E-state index is 12.1. The second kappa shape index (κ2) is 9.16. The molecule has 3 rings (SSSR count). The van der Waals surface area contributed by atoms with Crippen LogP contribution in [0.1, 0.15) is 5.56 Å². The summed E-state index contributed by atoms with van der Waals surface area (Å²) < 4.78 is 10.2. The number of aromatic nitrogens is 4. The van der Waals surface area contributed by atoms with Gasteiger partial charge in [0, 0.05) is 10.6 Å². The Balaban J connectivity index is 1.52. The fourth-order valence-corrected chi connectivity index (χ4v) is 2.56. The molecular formula is C19H18ClN5O4. The monoisotopic (exact) mass is 415 g/mol. The molecule has 1 heterocycles. The molecule has 0 saturated carbocycles. The normalized spacial score (nSPS) is 10.4. The molecule has 1 amide bonds. The van der Waals surface area contributed by atoms with E-state index < -0.39 is 18.5 Å². The second-order valence-corrected chi connectivity index (χ2v) is 6.50. The number of carbonyl (C=O) groups excluding carboxylic acids is 2. The highest BCUT2D eigenvalue weighted by Gasteiger charge is 2.13. The van der Waals surface area contributed by atoms with Crippen molar-refractivity contribution in [2.75, 3.05) is 19.0 Å². The van der Waals surface area contributed by atoms with Crippen LogP contribution >= 0.6 is 11.6 Å². The van der Waals surface area contributed by atoms with E-state index >= 15 is 0 Å². The van der Waals surface area contributed by atoms with E-state index in [-0.39, 0.29) is 6.54 Å². The van der Waals surface area contributed by atoms with Gasteiger partial charge in [-0.25, -0.2) is 4.79 Å². The number of carbonyl (C=O) groups is 2. The number of benzene rings is 2. The van der Waals surface area contributed by atoms with Gasteiger partial charge in [-0.3, -0.25) is 4.79 Å². The van der Waals surface area contributed by atoms with Crippen molar-refractivity contribution >= 4 is 29.2 Å².